The van der Waals surface area contributed by atoms with E-state index in [1.807, 2.05) is 6.92 Å². The summed E-state index contributed by atoms with van der Waals surface area (Å²) in [5.41, 5.74) is 6.12. The Labute approximate surface area is 147 Å². The number of hydrogen-bond donors (Lipinski definition) is 2. The van der Waals surface area contributed by atoms with Crippen LogP contribution in [0.4, 0.5) is 5.69 Å². The SMILES string of the molecule is CCN(CC(=O)Nc1ccc2c(c1)OCCO2)C(=O)C(C)CN.Cl. The maximum Gasteiger partial charge on any atom is 0.243 e. The molecule has 8 heteroatoms. The van der Waals surface area contributed by atoms with Crippen LogP contribution in [0.5, 0.6) is 11.5 Å². The molecule has 1 aliphatic rings. The van der Waals surface area contributed by atoms with Crippen LogP contribution in [0.2, 0.25) is 0 Å². The maximum absolute atomic E-state index is 12.2. The summed E-state index contributed by atoms with van der Waals surface area (Å²) < 4.78 is 10.9. The summed E-state index contributed by atoms with van der Waals surface area (Å²) in [5.74, 6) is 0.594. The summed E-state index contributed by atoms with van der Waals surface area (Å²) in [4.78, 5) is 25.8. The lowest BCUT2D eigenvalue weighted by Gasteiger charge is -2.23. The molecule has 1 aromatic carbocycles. The monoisotopic (exact) mass is 357 g/mol. The van der Waals surface area contributed by atoms with E-state index < -0.39 is 0 Å². The molecule has 2 amide bonds. The second-order valence-corrected chi connectivity index (χ2v) is 5.40. The number of benzene rings is 1. The fourth-order valence-corrected chi connectivity index (χ4v) is 2.25. The predicted octanol–water partition coefficient (Wildman–Crippen LogP) is 1.26. The van der Waals surface area contributed by atoms with Gasteiger partial charge < -0.3 is 25.4 Å². The first-order valence-electron chi connectivity index (χ1n) is 7.73. The van der Waals surface area contributed by atoms with Crippen molar-refractivity contribution < 1.29 is 19.1 Å². The molecule has 0 fully saturated rings. The Balaban J connectivity index is 0.00000288. The topological polar surface area (TPSA) is 93.9 Å². The van der Waals surface area contributed by atoms with Gasteiger partial charge in [-0.25, -0.2) is 0 Å². The zero-order chi connectivity index (χ0) is 16.8. The molecule has 7 nitrogen and oxygen atoms in total. The molecule has 0 spiro atoms. The number of carbonyl (C=O) groups is 2. The van der Waals surface area contributed by atoms with Crippen LogP contribution in [0.1, 0.15) is 13.8 Å². The summed E-state index contributed by atoms with van der Waals surface area (Å²) in [6.07, 6.45) is 0. The highest BCUT2D eigenvalue weighted by Crippen LogP contribution is 2.32. The highest BCUT2D eigenvalue weighted by Gasteiger charge is 2.20. The van der Waals surface area contributed by atoms with Crippen molar-refractivity contribution in [2.24, 2.45) is 11.7 Å². The van der Waals surface area contributed by atoms with Gasteiger partial charge in [-0.15, -0.1) is 12.4 Å². The number of nitrogens with one attached hydrogen (secondary N) is 1. The van der Waals surface area contributed by atoms with Crippen molar-refractivity contribution in [1.29, 1.82) is 0 Å². The molecule has 1 heterocycles. The van der Waals surface area contributed by atoms with E-state index in [1.54, 1.807) is 25.1 Å². The van der Waals surface area contributed by atoms with Gasteiger partial charge >= 0.3 is 0 Å². The van der Waals surface area contributed by atoms with E-state index >= 15 is 0 Å². The van der Waals surface area contributed by atoms with Crippen molar-refractivity contribution in [2.75, 3.05) is 38.2 Å². The second-order valence-electron chi connectivity index (χ2n) is 5.40. The number of carbonyl (C=O) groups excluding carboxylic acids is 2. The number of amides is 2. The third kappa shape index (κ3) is 5.01. The van der Waals surface area contributed by atoms with Crippen LogP contribution in [0.25, 0.3) is 0 Å². The first-order valence-corrected chi connectivity index (χ1v) is 7.73. The Hall–Kier alpha value is -1.99. The van der Waals surface area contributed by atoms with E-state index in [4.69, 9.17) is 15.2 Å². The quantitative estimate of drug-likeness (QED) is 0.799. The molecule has 0 bridgehead atoms. The van der Waals surface area contributed by atoms with Gasteiger partial charge in [0.1, 0.15) is 13.2 Å². The Bertz CT molecular complexity index is 582. The van der Waals surface area contributed by atoms with Crippen LogP contribution in [0.15, 0.2) is 18.2 Å². The van der Waals surface area contributed by atoms with E-state index in [9.17, 15) is 9.59 Å². The van der Waals surface area contributed by atoms with Gasteiger partial charge in [-0.2, -0.15) is 0 Å². The van der Waals surface area contributed by atoms with Crippen molar-refractivity contribution in [3.05, 3.63) is 18.2 Å². The molecule has 134 valence electrons. The Morgan fingerprint density at radius 1 is 1.29 bits per heavy atom. The number of anilines is 1. The minimum absolute atomic E-state index is 0. The van der Waals surface area contributed by atoms with Gasteiger partial charge in [0.2, 0.25) is 11.8 Å². The van der Waals surface area contributed by atoms with Crippen LogP contribution in [0, 0.1) is 5.92 Å². The first kappa shape index (κ1) is 20.1. The number of nitrogens with two attached hydrogens (primary N) is 1. The number of hydrogen-bond acceptors (Lipinski definition) is 5. The van der Waals surface area contributed by atoms with E-state index in [0.717, 1.165) is 0 Å². The van der Waals surface area contributed by atoms with Gasteiger partial charge in [0, 0.05) is 30.8 Å². The molecule has 1 aliphatic heterocycles. The zero-order valence-electron chi connectivity index (χ0n) is 13.9. The van der Waals surface area contributed by atoms with Crippen molar-refractivity contribution >= 4 is 29.9 Å². The molecule has 0 saturated heterocycles. The van der Waals surface area contributed by atoms with Gasteiger partial charge in [0.05, 0.1) is 6.54 Å². The van der Waals surface area contributed by atoms with Gasteiger partial charge in [-0.1, -0.05) is 6.92 Å². The van der Waals surface area contributed by atoms with E-state index in [0.29, 0.717) is 36.9 Å². The van der Waals surface area contributed by atoms with Crippen LogP contribution in [-0.2, 0) is 9.59 Å². The largest absolute Gasteiger partial charge is 0.486 e. The molecule has 0 radical (unpaired) electrons. The number of likely N-dealkylation sites (N-methyl/N-ethyl adjacent to an activating group) is 1. The molecular weight excluding hydrogens is 334 g/mol. The van der Waals surface area contributed by atoms with E-state index in [1.165, 1.54) is 4.90 Å². The maximum atomic E-state index is 12.2. The van der Waals surface area contributed by atoms with Gasteiger partial charge in [-0.05, 0) is 19.1 Å². The minimum atomic E-state index is -0.294. The van der Waals surface area contributed by atoms with Gasteiger partial charge in [0.15, 0.2) is 11.5 Å². The fourth-order valence-electron chi connectivity index (χ4n) is 2.25. The summed E-state index contributed by atoms with van der Waals surface area (Å²) in [5, 5.41) is 2.77. The van der Waals surface area contributed by atoms with Crippen LogP contribution in [0.3, 0.4) is 0 Å². The van der Waals surface area contributed by atoms with Crippen molar-refractivity contribution in [1.82, 2.24) is 4.90 Å². The molecule has 2 rings (SSSR count). The van der Waals surface area contributed by atoms with E-state index in [2.05, 4.69) is 5.32 Å². The zero-order valence-corrected chi connectivity index (χ0v) is 14.7. The average Bonchev–Trinajstić information content (AvgIpc) is 2.58. The third-order valence-corrected chi connectivity index (χ3v) is 3.63. The summed E-state index contributed by atoms with van der Waals surface area (Å²) in [6.45, 7) is 5.30. The lowest BCUT2D eigenvalue weighted by Crippen LogP contribution is -2.42. The highest BCUT2D eigenvalue weighted by atomic mass is 35.5. The number of fused-ring (bicyclic) bond motifs is 1. The lowest BCUT2D eigenvalue weighted by atomic mass is 10.1. The molecule has 0 saturated carbocycles. The number of nitrogens with zero attached hydrogens (tertiary/aromatic N) is 1. The molecule has 1 unspecified atom stereocenters. The second kappa shape index (κ2) is 9.34. The number of halogens is 1. The van der Waals surface area contributed by atoms with Crippen LogP contribution in [-0.4, -0.2) is 49.6 Å². The summed E-state index contributed by atoms with van der Waals surface area (Å²) in [6, 6.07) is 5.21. The minimum Gasteiger partial charge on any atom is -0.486 e. The van der Waals surface area contributed by atoms with Crippen LogP contribution < -0.4 is 20.5 Å². The Morgan fingerprint density at radius 2 is 1.96 bits per heavy atom. The lowest BCUT2D eigenvalue weighted by molar-refractivity contribution is -0.137. The number of rotatable bonds is 6. The van der Waals surface area contributed by atoms with E-state index in [-0.39, 0.29) is 43.2 Å². The molecule has 0 aromatic heterocycles. The summed E-state index contributed by atoms with van der Waals surface area (Å²) >= 11 is 0. The summed E-state index contributed by atoms with van der Waals surface area (Å²) in [7, 11) is 0. The third-order valence-electron chi connectivity index (χ3n) is 3.63. The van der Waals surface area contributed by atoms with Crippen LogP contribution >= 0.6 is 12.4 Å². The molecule has 24 heavy (non-hydrogen) atoms. The fraction of sp³-hybridized carbons (Fsp3) is 0.500. The smallest absolute Gasteiger partial charge is 0.243 e. The Morgan fingerprint density at radius 3 is 2.58 bits per heavy atom. The van der Waals surface area contributed by atoms with Crippen molar-refractivity contribution in [3.8, 4) is 11.5 Å². The molecule has 3 N–H and O–H groups in total. The normalized spacial score (nSPS) is 13.5. The van der Waals surface area contributed by atoms with Crippen molar-refractivity contribution in [3.63, 3.8) is 0 Å². The first-order chi connectivity index (χ1) is 11.0. The van der Waals surface area contributed by atoms with Gasteiger partial charge in [-0.3, -0.25) is 9.59 Å². The Kier molecular flexibility index (Phi) is 7.81. The van der Waals surface area contributed by atoms with Crippen molar-refractivity contribution in [2.45, 2.75) is 13.8 Å². The highest BCUT2D eigenvalue weighted by molar-refractivity contribution is 5.95. The standard InChI is InChI=1S/C16H23N3O4.ClH/c1-3-19(16(21)11(2)9-17)10-15(20)18-12-4-5-13-14(8-12)23-7-6-22-13;/h4-5,8,11H,3,6-7,9-10,17H2,1-2H3,(H,18,20);1H. The molecule has 1 atom stereocenters. The molecule has 0 aliphatic carbocycles. The molecular formula is C16H24ClN3O4. The average molecular weight is 358 g/mol. The number of ether oxygens (including phenoxy) is 2. The predicted molar refractivity (Wildman–Crippen MR) is 93.8 cm³/mol. The molecule has 1 aromatic rings. The van der Waals surface area contributed by atoms with Gasteiger partial charge in [0.25, 0.3) is 0 Å².